The Bertz CT molecular complexity index is 935. The predicted molar refractivity (Wildman–Crippen MR) is 113 cm³/mol. The summed E-state index contributed by atoms with van der Waals surface area (Å²) in [6.45, 7) is 5.49. The van der Waals surface area contributed by atoms with Gasteiger partial charge in [-0.15, -0.1) is 0 Å². The van der Waals surface area contributed by atoms with E-state index in [1.807, 2.05) is 11.0 Å². The third-order valence-electron chi connectivity index (χ3n) is 5.00. The fraction of sp³-hybridized carbons (Fsp3) is 0.273. The first-order valence-electron chi connectivity index (χ1n) is 9.76. The van der Waals surface area contributed by atoms with Crippen LogP contribution >= 0.6 is 0 Å². The molecule has 3 aromatic rings. The minimum absolute atomic E-state index is 0.0382. The third kappa shape index (κ3) is 4.68. The summed E-state index contributed by atoms with van der Waals surface area (Å²) in [5, 5.41) is 3.34. The molecule has 7 heteroatoms. The Labute approximate surface area is 170 Å². The van der Waals surface area contributed by atoms with E-state index in [9.17, 15) is 4.79 Å². The molecule has 1 fully saturated rings. The summed E-state index contributed by atoms with van der Waals surface area (Å²) >= 11 is 0. The summed E-state index contributed by atoms with van der Waals surface area (Å²) in [5.74, 6) is 0.672. The number of anilines is 2. The van der Waals surface area contributed by atoms with Crippen LogP contribution in [0.25, 0.3) is 0 Å². The van der Waals surface area contributed by atoms with Crippen LogP contribution in [0.5, 0.6) is 0 Å². The molecular formula is C22H24N6O. The van der Waals surface area contributed by atoms with E-state index in [4.69, 9.17) is 0 Å². The van der Waals surface area contributed by atoms with Crippen LogP contribution in [-0.2, 0) is 6.54 Å². The van der Waals surface area contributed by atoms with Gasteiger partial charge in [-0.1, -0.05) is 29.8 Å². The number of amides is 1. The predicted octanol–water partition coefficient (Wildman–Crippen LogP) is 2.75. The monoisotopic (exact) mass is 388 g/mol. The topological polar surface area (TPSA) is 74.2 Å². The van der Waals surface area contributed by atoms with Gasteiger partial charge in [-0.05, 0) is 30.7 Å². The zero-order valence-electron chi connectivity index (χ0n) is 16.5. The summed E-state index contributed by atoms with van der Waals surface area (Å²) in [6.07, 6.45) is 5.19. The number of nitrogens with zero attached hydrogens (tertiary/aromatic N) is 5. The third-order valence-corrected chi connectivity index (χ3v) is 5.00. The molecule has 0 radical (unpaired) electrons. The minimum atomic E-state index is -0.0382. The highest BCUT2D eigenvalue weighted by molar-refractivity contribution is 5.92. The zero-order chi connectivity index (χ0) is 20.1. The fourth-order valence-corrected chi connectivity index (χ4v) is 3.26. The number of nitrogens with one attached hydrogen (secondary N) is 1. The van der Waals surface area contributed by atoms with Crippen molar-refractivity contribution in [1.82, 2.24) is 19.9 Å². The Balaban J connectivity index is 1.31. The lowest BCUT2D eigenvalue weighted by atomic mass is 10.1. The highest BCUT2D eigenvalue weighted by Gasteiger charge is 2.24. The van der Waals surface area contributed by atoms with Gasteiger partial charge < -0.3 is 15.1 Å². The van der Waals surface area contributed by atoms with E-state index in [1.165, 1.54) is 11.1 Å². The van der Waals surface area contributed by atoms with Gasteiger partial charge in [0, 0.05) is 45.1 Å². The van der Waals surface area contributed by atoms with Gasteiger partial charge >= 0.3 is 0 Å². The van der Waals surface area contributed by atoms with Gasteiger partial charge in [-0.2, -0.15) is 0 Å². The van der Waals surface area contributed by atoms with Crippen LogP contribution in [0.15, 0.2) is 61.1 Å². The summed E-state index contributed by atoms with van der Waals surface area (Å²) in [4.78, 5) is 29.6. The van der Waals surface area contributed by atoms with Gasteiger partial charge in [-0.3, -0.25) is 4.79 Å². The molecule has 0 atom stereocenters. The molecule has 0 saturated carbocycles. The van der Waals surface area contributed by atoms with E-state index < -0.39 is 0 Å². The van der Waals surface area contributed by atoms with Crippen LogP contribution in [0.4, 0.5) is 11.6 Å². The molecule has 1 aliphatic heterocycles. The summed E-state index contributed by atoms with van der Waals surface area (Å²) in [7, 11) is 0. The van der Waals surface area contributed by atoms with Crippen molar-refractivity contribution in [3.63, 3.8) is 0 Å². The lowest BCUT2D eigenvalue weighted by Crippen LogP contribution is -2.49. The Hall–Kier alpha value is -3.48. The second-order valence-corrected chi connectivity index (χ2v) is 7.10. The van der Waals surface area contributed by atoms with Crippen molar-refractivity contribution in [1.29, 1.82) is 0 Å². The second kappa shape index (κ2) is 8.68. The zero-order valence-corrected chi connectivity index (χ0v) is 16.5. The highest BCUT2D eigenvalue weighted by Crippen LogP contribution is 2.14. The van der Waals surface area contributed by atoms with Crippen LogP contribution in [-0.4, -0.2) is 51.9 Å². The Morgan fingerprint density at radius 2 is 1.69 bits per heavy atom. The van der Waals surface area contributed by atoms with Gasteiger partial charge in [0.25, 0.3) is 5.91 Å². The molecule has 1 aromatic carbocycles. The number of aryl methyl sites for hydroxylation is 1. The van der Waals surface area contributed by atoms with E-state index in [0.29, 0.717) is 37.8 Å². The van der Waals surface area contributed by atoms with Gasteiger partial charge in [0.15, 0.2) is 0 Å². The standard InChI is InChI=1S/C22H24N6O/c1-17-3-5-18(6-4-17)15-25-19-7-8-20(26-16-19)21(29)27-11-13-28(14-12-27)22-23-9-2-10-24-22/h2-10,16,25H,11-15H2,1H3. The van der Waals surface area contributed by atoms with Crippen molar-refractivity contribution < 1.29 is 4.79 Å². The minimum Gasteiger partial charge on any atom is -0.380 e. The van der Waals surface area contributed by atoms with Gasteiger partial charge in [0.2, 0.25) is 5.95 Å². The Morgan fingerprint density at radius 3 is 2.34 bits per heavy atom. The van der Waals surface area contributed by atoms with E-state index in [2.05, 4.69) is 56.4 Å². The van der Waals surface area contributed by atoms with E-state index in [-0.39, 0.29) is 5.91 Å². The van der Waals surface area contributed by atoms with Crippen LogP contribution in [0, 0.1) is 6.92 Å². The quantitative estimate of drug-likeness (QED) is 0.724. The van der Waals surface area contributed by atoms with E-state index in [1.54, 1.807) is 30.7 Å². The molecule has 0 spiro atoms. The first-order chi connectivity index (χ1) is 14.2. The second-order valence-electron chi connectivity index (χ2n) is 7.10. The van der Waals surface area contributed by atoms with E-state index in [0.717, 1.165) is 12.2 Å². The number of carbonyl (C=O) groups excluding carboxylic acids is 1. The lowest BCUT2D eigenvalue weighted by molar-refractivity contribution is 0.0740. The molecule has 1 aliphatic rings. The fourth-order valence-electron chi connectivity index (χ4n) is 3.26. The van der Waals surface area contributed by atoms with Crippen molar-refractivity contribution in [2.75, 3.05) is 36.4 Å². The number of benzene rings is 1. The molecule has 148 valence electrons. The van der Waals surface area contributed by atoms with Gasteiger partial charge in [-0.25, -0.2) is 15.0 Å². The molecule has 1 N–H and O–H groups in total. The first-order valence-corrected chi connectivity index (χ1v) is 9.76. The Kier molecular flexibility index (Phi) is 5.65. The number of rotatable bonds is 5. The summed E-state index contributed by atoms with van der Waals surface area (Å²) in [6, 6.07) is 13.9. The van der Waals surface area contributed by atoms with Crippen LogP contribution in [0.1, 0.15) is 21.6 Å². The normalized spacial score (nSPS) is 14.0. The van der Waals surface area contributed by atoms with Gasteiger partial charge in [0.1, 0.15) is 5.69 Å². The maximum absolute atomic E-state index is 12.8. The molecule has 0 aliphatic carbocycles. The molecule has 2 aromatic heterocycles. The molecule has 7 nitrogen and oxygen atoms in total. The van der Waals surface area contributed by atoms with Crippen LogP contribution < -0.4 is 10.2 Å². The number of pyridine rings is 1. The molecular weight excluding hydrogens is 364 g/mol. The number of aromatic nitrogens is 3. The number of piperazine rings is 1. The van der Waals surface area contributed by atoms with Crippen molar-refractivity contribution in [3.8, 4) is 0 Å². The summed E-state index contributed by atoms with van der Waals surface area (Å²) in [5.41, 5.74) is 3.81. The SMILES string of the molecule is Cc1ccc(CNc2ccc(C(=O)N3CCN(c4ncccn4)CC3)nc2)cc1. The number of carbonyl (C=O) groups is 1. The number of hydrogen-bond acceptors (Lipinski definition) is 6. The van der Waals surface area contributed by atoms with Crippen molar-refractivity contribution in [3.05, 3.63) is 77.9 Å². The maximum atomic E-state index is 12.8. The molecule has 0 unspecified atom stereocenters. The van der Waals surface area contributed by atoms with Crippen LogP contribution in [0.3, 0.4) is 0 Å². The maximum Gasteiger partial charge on any atom is 0.272 e. The average Bonchev–Trinajstić information content (AvgIpc) is 2.79. The average molecular weight is 388 g/mol. The van der Waals surface area contributed by atoms with E-state index >= 15 is 0 Å². The molecule has 3 heterocycles. The van der Waals surface area contributed by atoms with Crippen molar-refractivity contribution >= 4 is 17.5 Å². The highest BCUT2D eigenvalue weighted by atomic mass is 16.2. The largest absolute Gasteiger partial charge is 0.380 e. The molecule has 1 saturated heterocycles. The molecule has 4 rings (SSSR count). The van der Waals surface area contributed by atoms with Gasteiger partial charge in [0.05, 0.1) is 11.9 Å². The molecule has 29 heavy (non-hydrogen) atoms. The Morgan fingerprint density at radius 1 is 0.966 bits per heavy atom. The molecule has 1 amide bonds. The van der Waals surface area contributed by atoms with Crippen molar-refractivity contribution in [2.24, 2.45) is 0 Å². The first kappa shape index (κ1) is 18.9. The van der Waals surface area contributed by atoms with Crippen LogP contribution in [0.2, 0.25) is 0 Å². The molecule has 0 bridgehead atoms. The lowest BCUT2D eigenvalue weighted by Gasteiger charge is -2.34. The smallest absolute Gasteiger partial charge is 0.272 e. The summed E-state index contributed by atoms with van der Waals surface area (Å²) < 4.78 is 0. The van der Waals surface area contributed by atoms with Crippen molar-refractivity contribution in [2.45, 2.75) is 13.5 Å². The number of hydrogen-bond donors (Lipinski definition) is 1.